The maximum Gasteiger partial charge on any atom is 0.234 e. The van der Waals surface area contributed by atoms with Gasteiger partial charge in [0.15, 0.2) is 0 Å². The van der Waals surface area contributed by atoms with E-state index >= 15 is 0 Å². The minimum Gasteiger partial charge on any atom is -0.395 e. The zero-order valence-electron chi connectivity index (χ0n) is 12.3. The molecule has 0 bridgehead atoms. The van der Waals surface area contributed by atoms with E-state index in [-0.39, 0.29) is 31.1 Å². The van der Waals surface area contributed by atoms with E-state index in [4.69, 9.17) is 16.7 Å². The summed E-state index contributed by atoms with van der Waals surface area (Å²) in [4.78, 5) is 14.0. The van der Waals surface area contributed by atoms with Gasteiger partial charge < -0.3 is 10.4 Å². The van der Waals surface area contributed by atoms with Gasteiger partial charge >= 0.3 is 0 Å². The molecule has 112 valence electrons. The van der Waals surface area contributed by atoms with Crippen molar-refractivity contribution in [1.29, 1.82) is 0 Å². The van der Waals surface area contributed by atoms with Crippen LogP contribution in [0.1, 0.15) is 32.4 Å². The average Bonchev–Trinajstić information content (AvgIpc) is 2.38. The van der Waals surface area contributed by atoms with Gasteiger partial charge in [0.1, 0.15) is 0 Å². The molecule has 0 aliphatic rings. The smallest absolute Gasteiger partial charge is 0.234 e. The molecule has 5 heteroatoms. The van der Waals surface area contributed by atoms with Crippen molar-refractivity contribution in [2.45, 2.75) is 32.9 Å². The van der Waals surface area contributed by atoms with Crippen LogP contribution in [0.3, 0.4) is 0 Å². The SMILES string of the molecule is CC(NC(=O)CN(CCO)C(C)C)c1ccccc1Cl. The number of benzene rings is 1. The highest BCUT2D eigenvalue weighted by atomic mass is 35.5. The van der Waals surface area contributed by atoms with E-state index in [9.17, 15) is 4.79 Å². The van der Waals surface area contributed by atoms with Gasteiger partial charge in [0.05, 0.1) is 19.2 Å². The predicted octanol–water partition coefficient (Wildman–Crippen LogP) is 2.22. The van der Waals surface area contributed by atoms with E-state index in [0.717, 1.165) is 5.56 Å². The highest BCUT2D eigenvalue weighted by Crippen LogP contribution is 2.21. The number of carbonyl (C=O) groups is 1. The number of amides is 1. The lowest BCUT2D eigenvalue weighted by atomic mass is 10.1. The summed E-state index contributed by atoms with van der Waals surface area (Å²) in [6.45, 7) is 6.72. The normalized spacial score (nSPS) is 12.8. The van der Waals surface area contributed by atoms with Gasteiger partial charge in [-0.3, -0.25) is 9.69 Å². The number of halogens is 1. The molecule has 4 nitrogen and oxygen atoms in total. The molecule has 0 saturated carbocycles. The van der Waals surface area contributed by atoms with Crippen molar-refractivity contribution >= 4 is 17.5 Å². The minimum atomic E-state index is -0.140. The van der Waals surface area contributed by atoms with Crippen molar-refractivity contribution in [2.75, 3.05) is 19.7 Å². The van der Waals surface area contributed by atoms with E-state index in [1.165, 1.54) is 0 Å². The Balaban J connectivity index is 2.59. The molecule has 0 aliphatic carbocycles. The van der Waals surface area contributed by atoms with E-state index in [1.54, 1.807) is 0 Å². The summed E-state index contributed by atoms with van der Waals surface area (Å²) in [6.07, 6.45) is 0. The summed E-state index contributed by atoms with van der Waals surface area (Å²) < 4.78 is 0. The molecule has 0 radical (unpaired) electrons. The zero-order valence-corrected chi connectivity index (χ0v) is 13.0. The van der Waals surface area contributed by atoms with Crippen LogP contribution in [-0.2, 0) is 4.79 Å². The van der Waals surface area contributed by atoms with Crippen LogP contribution in [-0.4, -0.2) is 41.7 Å². The van der Waals surface area contributed by atoms with E-state index in [0.29, 0.717) is 11.6 Å². The number of aliphatic hydroxyl groups excluding tert-OH is 1. The lowest BCUT2D eigenvalue weighted by molar-refractivity contribution is -0.123. The van der Waals surface area contributed by atoms with E-state index in [1.807, 2.05) is 49.9 Å². The Hall–Kier alpha value is -1.10. The largest absolute Gasteiger partial charge is 0.395 e. The highest BCUT2D eigenvalue weighted by Gasteiger charge is 2.16. The molecule has 20 heavy (non-hydrogen) atoms. The van der Waals surface area contributed by atoms with Crippen LogP contribution < -0.4 is 5.32 Å². The van der Waals surface area contributed by atoms with E-state index < -0.39 is 0 Å². The van der Waals surface area contributed by atoms with Gasteiger partial charge in [-0.1, -0.05) is 29.8 Å². The topological polar surface area (TPSA) is 52.6 Å². The Bertz CT molecular complexity index is 438. The molecule has 1 unspecified atom stereocenters. The third-order valence-corrected chi connectivity index (χ3v) is 3.56. The average molecular weight is 299 g/mol. The van der Waals surface area contributed by atoms with E-state index in [2.05, 4.69) is 5.32 Å². The Labute approximate surface area is 125 Å². The Morgan fingerprint density at radius 3 is 2.55 bits per heavy atom. The number of rotatable bonds is 7. The van der Waals surface area contributed by atoms with Crippen LogP contribution in [0.25, 0.3) is 0 Å². The van der Waals surface area contributed by atoms with Crippen LogP contribution in [0.4, 0.5) is 0 Å². The molecule has 0 heterocycles. The first-order valence-electron chi connectivity index (χ1n) is 6.84. The van der Waals surface area contributed by atoms with Crippen LogP contribution in [0, 0.1) is 0 Å². The summed E-state index contributed by atoms with van der Waals surface area (Å²) >= 11 is 6.11. The fourth-order valence-electron chi connectivity index (χ4n) is 2.02. The maximum absolute atomic E-state index is 12.1. The monoisotopic (exact) mass is 298 g/mol. The first kappa shape index (κ1) is 17.0. The minimum absolute atomic E-state index is 0.0471. The van der Waals surface area contributed by atoms with Crippen molar-refractivity contribution in [3.8, 4) is 0 Å². The number of nitrogens with one attached hydrogen (secondary N) is 1. The molecule has 2 N–H and O–H groups in total. The lowest BCUT2D eigenvalue weighted by Crippen LogP contribution is -2.42. The number of aliphatic hydroxyl groups is 1. The second-order valence-electron chi connectivity index (χ2n) is 5.10. The zero-order chi connectivity index (χ0) is 15.1. The van der Waals surface area contributed by atoms with Gasteiger partial charge in [0.25, 0.3) is 0 Å². The van der Waals surface area contributed by atoms with Gasteiger partial charge in [0.2, 0.25) is 5.91 Å². The highest BCUT2D eigenvalue weighted by molar-refractivity contribution is 6.31. The molecule has 1 aromatic carbocycles. The molecule has 0 saturated heterocycles. The molecule has 1 atom stereocenters. The summed E-state index contributed by atoms with van der Waals surface area (Å²) in [7, 11) is 0. The van der Waals surface area contributed by atoms with Gasteiger partial charge in [-0.05, 0) is 32.4 Å². The van der Waals surface area contributed by atoms with Crippen LogP contribution in [0.5, 0.6) is 0 Å². The molecular weight excluding hydrogens is 276 g/mol. The fraction of sp³-hybridized carbons (Fsp3) is 0.533. The second-order valence-corrected chi connectivity index (χ2v) is 5.51. The number of hydrogen-bond donors (Lipinski definition) is 2. The number of carbonyl (C=O) groups excluding carboxylic acids is 1. The van der Waals surface area contributed by atoms with Crippen molar-refractivity contribution in [3.63, 3.8) is 0 Å². The van der Waals surface area contributed by atoms with Gasteiger partial charge in [-0.25, -0.2) is 0 Å². The molecule has 1 rings (SSSR count). The van der Waals surface area contributed by atoms with Gasteiger partial charge in [-0.15, -0.1) is 0 Å². The van der Waals surface area contributed by atoms with Crippen LogP contribution in [0.15, 0.2) is 24.3 Å². The molecule has 0 aromatic heterocycles. The first-order valence-corrected chi connectivity index (χ1v) is 7.22. The summed E-state index contributed by atoms with van der Waals surface area (Å²) in [6, 6.07) is 7.55. The van der Waals surface area contributed by atoms with Gasteiger partial charge in [-0.2, -0.15) is 0 Å². The molecule has 1 amide bonds. The fourth-order valence-corrected chi connectivity index (χ4v) is 2.32. The molecule has 1 aromatic rings. The predicted molar refractivity (Wildman–Crippen MR) is 81.8 cm³/mol. The summed E-state index contributed by atoms with van der Waals surface area (Å²) in [5.74, 6) is -0.0698. The standard InChI is InChI=1S/C15H23ClN2O2/c1-11(2)18(8-9-19)10-15(20)17-12(3)13-6-4-5-7-14(13)16/h4-7,11-12,19H,8-10H2,1-3H3,(H,17,20). The third kappa shape index (κ3) is 5.12. The summed E-state index contributed by atoms with van der Waals surface area (Å²) in [5.41, 5.74) is 0.903. The Morgan fingerprint density at radius 2 is 2.00 bits per heavy atom. The van der Waals surface area contributed by atoms with Crippen LogP contribution >= 0.6 is 11.6 Å². The number of hydrogen-bond acceptors (Lipinski definition) is 3. The lowest BCUT2D eigenvalue weighted by Gasteiger charge is -2.26. The third-order valence-electron chi connectivity index (χ3n) is 3.21. The van der Waals surface area contributed by atoms with Crippen molar-refractivity contribution in [1.82, 2.24) is 10.2 Å². The Morgan fingerprint density at radius 1 is 1.35 bits per heavy atom. The molecular formula is C15H23ClN2O2. The first-order chi connectivity index (χ1) is 9.45. The molecule has 0 aliphatic heterocycles. The van der Waals surface area contributed by atoms with Crippen molar-refractivity contribution in [2.24, 2.45) is 0 Å². The maximum atomic E-state index is 12.1. The molecule has 0 fully saturated rings. The number of nitrogens with zero attached hydrogens (tertiary/aromatic N) is 1. The van der Waals surface area contributed by atoms with Crippen LogP contribution in [0.2, 0.25) is 5.02 Å². The second kappa shape index (κ2) is 8.25. The van der Waals surface area contributed by atoms with Gasteiger partial charge in [0, 0.05) is 17.6 Å². The quantitative estimate of drug-likeness (QED) is 0.811. The van der Waals surface area contributed by atoms with Crippen molar-refractivity contribution in [3.05, 3.63) is 34.9 Å². The Kier molecular flexibility index (Phi) is 6.99. The summed E-state index contributed by atoms with van der Waals surface area (Å²) in [5, 5.41) is 12.6. The van der Waals surface area contributed by atoms with Crippen molar-refractivity contribution < 1.29 is 9.90 Å². The molecule has 0 spiro atoms.